The first-order valence-electron chi connectivity index (χ1n) is 9.38. The van der Waals surface area contributed by atoms with Crippen molar-refractivity contribution in [1.82, 2.24) is 31.5 Å². The Labute approximate surface area is 151 Å². The van der Waals surface area contributed by atoms with Gasteiger partial charge in [0.25, 0.3) is 0 Å². The smallest absolute Gasteiger partial charge is 0.138 e. The van der Waals surface area contributed by atoms with E-state index in [2.05, 4.69) is 44.6 Å². The maximum absolute atomic E-state index is 6.20. The van der Waals surface area contributed by atoms with Crippen molar-refractivity contribution in [2.75, 3.05) is 54.0 Å². The van der Waals surface area contributed by atoms with Crippen LogP contribution in [0.25, 0.3) is 0 Å². The van der Waals surface area contributed by atoms with Crippen LogP contribution in [0.2, 0.25) is 0 Å². The Balaban J connectivity index is 1.53. The van der Waals surface area contributed by atoms with Gasteiger partial charge in [0.2, 0.25) is 0 Å². The van der Waals surface area contributed by atoms with Gasteiger partial charge in [-0.25, -0.2) is 0 Å². The van der Waals surface area contributed by atoms with Crippen molar-refractivity contribution in [2.45, 2.75) is 37.6 Å². The van der Waals surface area contributed by atoms with Gasteiger partial charge in [-0.2, -0.15) is 0 Å². The zero-order valence-electron chi connectivity index (χ0n) is 15.7. The number of hydrogen-bond acceptors (Lipinski definition) is 8. The Bertz CT molecular complexity index is 449. The van der Waals surface area contributed by atoms with Gasteiger partial charge in [0, 0.05) is 32.4 Å². The number of likely N-dealkylation sites (tertiary alicyclic amines) is 1. The minimum absolute atomic E-state index is 0.0578. The van der Waals surface area contributed by atoms with Gasteiger partial charge in [0.15, 0.2) is 0 Å². The Morgan fingerprint density at radius 1 is 1.32 bits per heavy atom. The Hall–Kier alpha value is -0.740. The van der Waals surface area contributed by atoms with E-state index in [9.17, 15) is 0 Å². The van der Waals surface area contributed by atoms with Gasteiger partial charge in [-0.1, -0.05) is 0 Å². The SMILES string of the molecule is CNC1CCNC(NC2=CC(OC[C@@H]3CCN(C)C3)C(OC)NC2)N1. The molecule has 4 unspecified atom stereocenters. The molecule has 2 saturated heterocycles. The average molecular weight is 354 g/mol. The summed E-state index contributed by atoms with van der Waals surface area (Å²) in [5.41, 5.74) is 1.13. The maximum Gasteiger partial charge on any atom is 0.138 e. The molecule has 5 atom stereocenters. The number of nitrogens with one attached hydrogen (secondary N) is 5. The van der Waals surface area contributed by atoms with E-state index in [1.807, 2.05) is 7.05 Å². The van der Waals surface area contributed by atoms with E-state index in [1.54, 1.807) is 7.11 Å². The topological polar surface area (TPSA) is 81.8 Å². The molecule has 0 amide bonds. The lowest BCUT2D eigenvalue weighted by Gasteiger charge is -2.36. The molecule has 0 aliphatic carbocycles. The standard InChI is InChI=1S/C17H34N6O2/c1-18-15-4-6-19-17(22-15)21-13-8-14(16(24-3)20-9-13)25-11-12-5-7-23(2)10-12/h8,12,14-22H,4-7,9-11H2,1-3H3/t12-,14?,15?,16?,17?/m1/s1. The van der Waals surface area contributed by atoms with E-state index in [0.29, 0.717) is 12.1 Å². The molecule has 8 nitrogen and oxygen atoms in total. The van der Waals surface area contributed by atoms with E-state index in [-0.39, 0.29) is 18.6 Å². The van der Waals surface area contributed by atoms with Crippen molar-refractivity contribution in [2.24, 2.45) is 5.92 Å². The second kappa shape index (κ2) is 9.27. The largest absolute Gasteiger partial charge is 0.370 e. The third kappa shape index (κ3) is 5.37. The highest BCUT2D eigenvalue weighted by molar-refractivity contribution is 5.12. The van der Waals surface area contributed by atoms with Crippen LogP contribution in [0.3, 0.4) is 0 Å². The lowest BCUT2D eigenvalue weighted by molar-refractivity contribution is -0.0603. The molecule has 0 saturated carbocycles. The molecule has 0 aromatic carbocycles. The summed E-state index contributed by atoms with van der Waals surface area (Å²) in [5.74, 6) is 0.618. The summed E-state index contributed by atoms with van der Waals surface area (Å²) >= 11 is 0. The van der Waals surface area contributed by atoms with E-state index in [0.717, 1.165) is 38.4 Å². The molecule has 25 heavy (non-hydrogen) atoms. The van der Waals surface area contributed by atoms with Gasteiger partial charge in [0.1, 0.15) is 18.6 Å². The first kappa shape index (κ1) is 19.0. The number of hydrogen-bond donors (Lipinski definition) is 5. The fraction of sp³-hybridized carbons (Fsp3) is 0.882. The normalized spacial score (nSPS) is 37.1. The minimum Gasteiger partial charge on any atom is -0.370 e. The van der Waals surface area contributed by atoms with E-state index in [1.165, 1.54) is 13.0 Å². The van der Waals surface area contributed by atoms with E-state index < -0.39 is 0 Å². The van der Waals surface area contributed by atoms with Gasteiger partial charge in [-0.05, 0) is 45.5 Å². The van der Waals surface area contributed by atoms with Crippen LogP contribution < -0.4 is 26.6 Å². The molecule has 5 N–H and O–H groups in total. The minimum atomic E-state index is -0.0954. The summed E-state index contributed by atoms with van der Waals surface area (Å²) in [7, 11) is 5.88. The predicted molar refractivity (Wildman–Crippen MR) is 97.8 cm³/mol. The fourth-order valence-corrected chi connectivity index (χ4v) is 3.75. The summed E-state index contributed by atoms with van der Waals surface area (Å²) in [6.45, 7) is 4.79. The van der Waals surface area contributed by atoms with E-state index in [4.69, 9.17) is 9.47 Å². The molecule has 144 valence electrons. The average Bonchev–Trinajstić information content (AvgIpc) is 3.05. The van der Waals surface area contributed by atoms with Crippen molar-refractivity contribution in [3.05, 3.63) is 11.8 Å². The zero-order chi connectivity index (χ0) is 17.6. The Kier molecular flexibility index (Phi) is 7.06. The van der Waals surface area contributed by atoms with Crippen molar-refractivity contribution in [3.8, 4) is 0 Å². The third-order valence-electron chi connectivity index (χ3n) is 5.25. The zero-order valence-corrected chi connectivity index (χ0v) is 15.7. The molecule has 3 aliphatic heterocycles. The molecular weight excluding hydrogens is 320 g/mol. The molecule has 0 bridgehead atoms. The Morgan fingerprint density at radius 2 is 2.20 bits per heavy atom. The lowest BCUT2D eigenvalue weighted by atomic mass is 10.1. The molecule has 3 heterocycles. The van der Waals surface area contributed by atoms with Crippen LogP contribution in [0.4, 0.5) is 0 Å². The molecule has 2 fully saturated rings. The van der Waals surface area contributed by atoms with Crippen LogP contribution in [-0.4, -0.2) is 83.7 Å². The molecule has 0 aromatic rings. The van der Waals surface area contributed by atoms with Crippen molar-refractivity contribution in [3.63, 3.8) is 0 Å². The summed E-state index contributed by atoms with van der Waals surface area (Å²) in [4.78, 5) is 2.36. The molecule has 0 spiro atoms. The summed E-state index contributed by atoms with van der Waals surface area (Å²) in [6.07, 6.45) is 4.66. The van der Waals surface area contributed by atoms with Crippen LogP contribution >= 0.6 is 0 Å². The van der Waals surface area contributed by atoms with Crippen molar-refractivity contribution in [1.29, 1.82) is 0 Å². The van der Waals surface area contributed by atoms with Crippen LogP contribution in [-0.2, 0) is 9.47 Å². The highest BCUT2D eigenvalue weighted by Gasteiger charge is 2.28. The number of nitrogens with zero attached hydrogens (tertiary/aromatic N) is 1. The van der Waals surface area contributed by atoms with Crippen molar-refractivity contribution >= 4 is 0 Å². The fourth-order valence-electron chi connectivity index (χ4n) is 3.75. The predicted octanol–water partition coefficient (Wildman–Crippen LogP) is -1.22. The van der Waals surface area contributed by atoms with Crippen LogP contribution in [0, 0.1) is 5.92 Å². The lowest BCUT2D eigenvalue weighted by Crippen LogP contribution is -2.64. The number of rotatable bonds is 7. The summed E-state index contributed by atoms with van der Waals surface area (Å²) in [5, 5.41) is 17.1. The first-order chi connectivity index (χ1) is 12.2. The van der Waals surface area contributed by atoms with Gasteiger partial charge in [0.05, 0.1) is 12.8 Å². The summed E-state index contributed by atoms with van der Waals surface area (Å²) < 4.78 is 11.7. The number of ether oxygens (including phenoxy) is 2. The second-order valence-corrected chi connectivity index (χ2v) is 7.27. The van der Waals surface area contributed by atoms with Crippen LogP contribution in [0.15, 0.2) is 11.8 Å². The Morgan fingerprint density at radius 3 is 2.92 bits per heavy atom. The van der Waals surface area contributed by atoms with Crippen LogP contribution in [0.1, 0.15) is 12.8 Å². The van der Waals surface area contributed by atoms with Gasteiger partial charge in [-0.3, -0.25) is 16.0 Å². The molecule has 3 aliphatic rings. The van der Waals surface area contributed by atoms with E-state index >= 15 is 0 Å². The highest BCUT2D eigenvalue weighted by atomic mass is 16.5. The second-order valence-electron chi connectivity index (χ2n) is 7.27. The molecule has 8 heteroatoms. The number of methoxy groups -OCH3 is 1. The quantitative estimate of drug-likeness (QED) is 0.390. The molecule has 3 rings (SSSR count). The van der Waals surface area contributed by atoms with Crippen LogP contribution in [0.5, 0.6) is 0 Å². The monoisotopic (exact) mass is 354 g/mol. The van der Waals surface area contributed by atoms with Gasteiger partial charge in [-0.15, -0.1) is 0 Å². The van der Waals surface area contributed by atoms with Gasteiger partial charge >= 0.3 is 0 Å². The summed E-state index contributed by atoms with van der Waals surface area (Å²) in [6, 6.07) is 0. The highest BCUT2D eigenvalue weighted by Crippen LogP contribution is 2.18. The molecule has 0 radical (unpaired) electrons. The first-order valence-corrected chi connectivity index (χ1v) is 9.38. The molecular formula is C17H34N6O2. The van der Waals surface area contributed by atoms with Crippen molar-refractivity contribution < 1.29 is 9.47 Å². The maximum atomic E-state index is 6.20. The molecule has 0 aromatic heterocycles. The van der Waals surface area contributed by atoms with Gasteiger partial charge < -0.3 is 25.0 Å². The third-order valence-corrected chi connectivity index (χ3v) is 5.25.